The molecule has 2 rings (SSSR count). The largest absolute Gasteiger partial charge is 0.369 e. The van der Waals surface area contributed by atoms with E-state index in [4.69, 9.17) is 5.73 Å². The second-order valence-electron chi connectivity index (χ2n) is 2.93. The van der Waals surface area contributed by atoms with E-state index in [9.17, 15) is 0 Å². The Morgan fingerprint density at radius 2 is 2.23 bits per heavy atom. The second-order valence-corrected chi connectivity index (χ2v) is 2.93. The molecule has 0 aromatic carbocycles. The van der Waals surface area contributed by atoms with Crippen LogP contribution >= 0.6 is 0 Å². The van der Waals surface area contributed by atoms with Gasteiger partial charge in [-0.15, -0.1) is 0 Å². The fourth-order valence-corrected chi connectivity index (χ4v) is 1.34. The molecule has 68 valence electrons. The molecule has 0 radical (unpaired) electrons. The van der Waals surface area contributed by atoms with Crippen LogP contribution in [0.4, 0.5) is 5.95 Å². The molecule has 13 heavy (non-hydrogen) atoms. The third kappa shape index (κ3) is 1.18. The van der Waals surface area contributed by atoms with Crippen molar-refractivity contribution in [3.05, 3.63) is 24.3 Å². The SMILES string of the molecule is Cc1nn(C)cc1-n1ccnc1N. The number of imidazole rings is 1. The van der Waals surface area contributed by atoms with Gasteiger partial charge in [-0.3, -0.25) is 9.25 Å². The number of hydrogen-bond donors (Lipinski definition) is 1. The molecule has 2 heterocycles. The standard InChI is InChI=1S/C8H11N5/c1-6-7(5-12(2)11-6)13-4-3-10-8(13)9/h3-5H,1-2H3,(H2,9,10). The number of hydrogen-bond acceptors (Lipinski definition) is 3. The van der Waals surface area contributed by atoms with E-state index in [0.717, 1.165) is 11.4 Å². The van der Waals surface area contributed by atoms with E-state index in [1.54, 1.807) is 10.9 Å². The molecule has 0 aliphatic rings. The van der Waals surface area contributed by atoms with Crippen LogP contribution < -0.4 is 5.73 Å². The summed E-state index contributed by atoms with van der Waals surface area (Å²) in [6.07, 6.45) is 5.40. The monoisotopic (exact) mass is 177 g/mol. The zero-order valence-electron chi connectivity index (χ0n) is 7.60. The van der Waals surface area contributed by atoms with Gasteiger partial charge >= 0.3 is 0 Å². The van der Waals surface area contributed by atoms with Crippen molar-refractivity contribution in [2.75, 3.05) is 5.73 Å². The minimum Gasteiger partial charge on any atom is -0.369 e. The Morgan fingerprint density at radius 1 is 1.46 bits per heavy atom. The molecule has 0 unspecified atom stereocenters. The quantitative estimate of drug-likeness (QED) is 0.689. The van der Waals surface area contributed by atoms with Crippen LogP contribution in [-0.4, -0.2) is 19.3 Å². The van der Waals surface area contributed by atoms with Gasteiger partial charge in [-0.2, -0.15) is 5.10 Å². The number of aromatic nitrogens is 4. The minimum absolute atomic E-state index is 0.483. The highest BCUT2D eigenvalue weighted by Crippen LogP contribution is 2.14. The molecule has 5 heteroatoms. The number of nitrogens with two attached hydrogens (primary N) is 1. The first-order chi connectivity index (χ1) is 6.18. The zero-order valence-corrected chi connectivity index (χ0v) is 7.60. The molecule has 0 amide bonds. The van der Waals surface area contributed by atoms with Gasteiger partial charge in [-0.05, 0) is 6.92 Å². The smallest absolute Gasteiger partial charge is 0.204 e. The molecule has 0 bridgehead atoms. The first-order valence-electron chi connectivity index (χ1n) is 3.98. The minimum atomic E-state index is 0.483. The molecule has 2 aromatic heterocycles. The average molecular weight is 177 g/mol. The lowest BCUT2D eigenvalue weighted by atomic mass is 10.4. The summed E-state index contributed by atoms with van der Waals surface area (Å²) in [6.45, 7) is 1.94. The molecule has 0 fully saturated rings. The van der Waals surface area contributed by atoms with Crippen LogP contribution in [0.25, 0.3) is 5.69 Å². The fourth-order valence-electron chi connectivity index (χ4n) is 1.34. The number of nitrogens with zero attached hydrogens (tertiary/aromatic N) is 4. The summed E-state index contributed by atoms with van der Waals surface area (Å²) in [6, 6.07) is 0. The third-order valence-electron chi connectivity index (χ3n) is 1.92. The van der Waals surface area contributed by atoms with Crippen LogP contribution in [0.3, 0.4) is 0 Å². The Labute approximate surface area is 75.8 Å². The van der Waals surface area contributed by atoms with Gasteiger partial charge in [-0.25, -0.2) is 4.98 Å². The van der Waals surface area contributed by atoms with Crippen molar-refractivity contribution in [1.82, 2.24) is 19.3 Å². The van der Waals surface area contributed by atoms with Crippen molar-refractivity contribution >= 4 is 5.95 Å². The van der Waals surface area contributed by atoms with Crippen molar-refractivity contribution in [3.63, 3.8) is 0 Å². The van der Waals surface area contributed by atoms with Gasteiger partial charge < -0.3 is 5.73 Å². The average Bonchev–Trinajstić information content (AvgIpc) is 2.58. The first-order valence-corrected chi connectivity index (χ1v) is 3.98. The Hall–Kier alpha value is -1.78. The van der Waals surface area contributed by atoms with Crippen molar-refractivity contribution < 1.29 is 0 Å². The van der Waals surface area contributed by atoms with Crippen LogP contribution in [0.15, 0.2) is 18.6 Å². The molecule has 2 aromatic rings. The fraction of sp³-hybridized carbons (Fsp3) is 0.250. The summed E-state index contributed by atoms with van der Waals surface area (Å²) < 4.78 is 3.56. The summed E-state index contributed by atoms with van der Waals surface area (Å²) in [5, 5.41) is 4.22. The third-order valence-corrected chi connectivity index (χ3v) is 1.92. The molecule has 5 nitrogen and oxygen atoms in total. The van der Waals surface area contributed by atoms with E-state index in [1.165, 1.54) is 0 Å². The van der Waals surface area contributed by atoms with E-state index < -0.39 is 0 Å². The van der Waals surface area contributed by atoms with Gasteiger partial charge in [0.1, 0.15) is 0 Å². The lowest BCUT2D eigenvalue weighted by Gasteiger charge is -2.00. The van der Waals surface area contributed by atoms with E-state index in [0.29, 0.717) is 5.95 Å². The van der Waals surface area contributed by atoms with Crippen molar-refractivity contribution in [2.45, 2.75) is 6.92 Å². The second kappa shape index (κ2) is 2.62. The van der Waals surface area contributed by atoms with Crippen molar-refractivity contribution in [1.29, 1.82) is 0 Å². The van der Waals surface area contributed by atoms with Gasteiger partial charge in [0.05, 0.1) is 11.4 Å². The van der Waals surface area contributed by atoms with E-state index in [1.807, 2.05) is 30.9 Å². The molecule has 0 aliphatic heterocycles. The normalized spacial score (nSPS) is 10.6. The number of aryl methyl sites for hydroxylation is 2. The summed E-state index contributed by atoms with van der Waals surface area (Å²) in [5.74, 6) is 0.483. The van der Waals surface area contributed by atoms with Crippen LogP contribution in [0.2, 0.25) is 0 Å². The first kappa shape index (κ1) is 7.85. The van der Waals surface area contributed by atoms with Crippen LogP contribution in [0, 0.1) is 6.92 Å². The molecular formula is C8H11N5. The van der Waals surface area contributed by atoms with E-state index >= 15 is 0 Å². The van der Waals surface area contributed by atoms with Gasteiger partial charge in [-0.1, -0.05) is 0 Å². The molecular weight excluding hydrogens is 166 g/mol. The molecule has 0 atom stereocenters. The Kier molecular flexibility index (Phi) is 1.58. The lowest BCUT2D eigenvalue weighted by molar-refractivity contribution is 0.756. The summed E-state index contributed by atoms with van der Waals surface area (Å²) in [7, 11) is 1.88. The topological polar surface area (TPSA) is 61.7 Å². The molecule has 2 N–H and O–H groups in total. The van der Waals surface area contributed by atoms with Crippen LogP contribution in [0.5, 0.6) is 0 Å². The maximum absolute atomic E-state index is 5.67. The number of rotatable bonds is 1. The summed E-state index contributed by atoms with van der Waals surface area (Å²) >= 11 is 0. The molecule has 0 spiro atoms. The van der Waals surface area contributed by atoms with Crippen LogP contribution in [-0.2, 0) is 7.05 Å². The Bertz CT molecular complexity index is 425. The Balaban J connectivity index is 2.58. The van der Waals surface area contributed by atoms with Crippen molar-refractivity contribution in [3.8, 4) is 5.69 Å². The predicted molar refractivity (Wildman–Crippen MR) is 49.5 cm³/mol. The molecule has 0 saturated carbocycles. The van der Waals surface area contributed by atoms with E-state index in [-0.39, 0.29) is 0 Å². The van der Waals surface area contributed by atoms with Gasteiger partial charge in [0.2, 0.25) is 5.95 Å². The highest BCUT2D eigenvalue weighted by Gasteiger charge is 2.07. The highest BCUT2D eigenvalue weighted by atomic mass is 15.3. The highest BCUT2D eigenvalue weighted by molar-refractivity contribution is 5.40. The van der Waals surface area contributed by atoms with Gasteiger partial charge in [0.25, 0.3) is 0 Å². The maximum Gasteiger partial charge on any atom is 0.204 e. The molecule has 0 saturated heterocycles. The summed E-state index contributed by atoms with van der Waals surface area (Å²) in [5.41, 5.74) is 7.57. The zero-order chi connectivity index (χ0) is 9.42. The maximum atomic E-state index is 5.67. The van der Waals surface area contributed by atoms with E-state index in [2.05, 4.69) is 10.1 Å². The van der Waals surface area contributed by atoms with Crippen molar-refractivity contribution in [2.24, 2.45) is 7.05 Å². The van der Waals surface area contributed by atoms with Crippen LogP contribution in [0.1, 0.15) is 5.69 Å². The lowest BCUT2D eigenvalue weighted by Crippen LogP contribution is -1.99. The predicted octanol–water partition coefficient (Wildman–Crippen LogP) is 0.496. The number of nitrogen functional groups attached to an aromatic ring is 1. The summed E-state index contributed by atoms with van der Waals surface area (Å²) in [4.78, 5) is 3.95. The Morgan fingerprint density at radius 3 is 2.69 bits per heavy atom. The molecule has 0 aliphatic carbocycles. The van der Waals surface area contributed by atoms with Gasteiger partial charge in [0.15, 0.2) is 0 Å². The van der Waals surface area contributed by atoms with Gasteiger partial charge in [0, 0.05) is 25.6 Å². The number of anilines is 1.